The van der Waals surface area contributed by atoms with Gasteiger partial charge >= 0.3 is 27.6 Å². The van der Waals surface area contributed by atoms with Crippen molar-refractivity contribution in [2.75, 3.05) is 26.4 Å². The van der Waals surface area contributed by atoms with Crippen LogP contribution in [-0.2, 0) is 41.8 Å². The Hall–Kier alpha value is -3.26. The third-order valence-electron chi connectivity index (χ3n) is 8.80. The van der Waals surface area contributed by atoms with Crippen LogP contribution in [-0.4, -0.2) is 81.6 Å². The van der Waals surface area contributed by atoms with Crippen molar-refractivity contribution in [2.45, 2.75) is 154 Å². The maximum absolute atomic E-state index is 12.7. The fraction of sp³-hybridized carbons (Fsp3) is 0.583. The molecule has 364 valence electrons. The molecular weight excluding hydrogens is 862 g/mol. The predicted molar refractivity (Wildman–Crippen MR) is 254 cm³/mol. The fourth-order valence-electron chi connectivity index (χ4n) is 5.23. The van der Waals surface area contributed by atoms with Crippen molar-refractivity contribution in [1.29, 1.82) is 0 Å². The van der Waals surface area contributed by atoms with Crippen LogP contribution in [0.5, 0.6) is 0 Å². The maximum atomic E-state index is 12.7. The summed E-state index contributed by atoms with van der Waals surface area (Å²) >= 11 is 0. The van der Waals surface area contributed by atoms with E-state index in [0.717, 1.165) is 89.9 Å². The highest BCUT2D eigenvalue weighted by Crippen LogP contribution is 2.43. The Morgan fingerprint density at radius 3 is 1.42 bits per heavy atom. The molecule has 0 bridgehead atoms. The first kappa shape index (κ1) is 60.7. The number of phosphoric ester groups is 2. The molecule has 0 rings (SSSR count). The summed E-state index contributed by atoms with van der Waals surface area (Å²) in [5.41, 5.74) is 0. The molecule has 14 nitrogen and oxygen atoms in total. The van der Waals surface area contributed by atoms with Gasteiger partial charge in [-0.05, 0) is 103 Å². The van der Waals surface area contributed by atoms with Crippen LogP contribution in [0.4, 0.5) is 0 Å². The molecular formula is C48H78O14P2. The molecule has 64 heavy (non-hydrogen) atoms. The van der Waals surface area contributed by atoms with Crippen LogP contribution in [0.3, 0.4) is 0 Å². The van der Waals surface area contributed by atoms with Crippen molar-refractivity contribution in [3.05, 3.63) is 109 Å². The molecule has 0 aliphatic heterocycles. The van der Waals surface area contributed by atoms with Crippen LogP contribution in [0.2, 0.25) is 0 Å². The molecule has 0 radical (unpaired) electrons. The minimum absolute atomic E-state index is 0.0278. The van der Waals surface area contributed by atoms with E-state index in [-0.39, 0.29) is 18.9 Å². The highest BCUT2D eigenvalue weighted by molar-refractivity contribution is 7.47. The quantitative estimate of drug-likeness (QED) is 0.0167. The number of carbonyl (C=O) groups excluding carboxylic acids is 2. The first-order valence-electron chi connectivity index (χ1n) is 22.7. The van der Waals surface area contributed by atoms with Crippen LogP contribution in [0, 0.1) is 0 Å². The topological polar surface area (TPSA) is 216 Å². The third kappa shape index (κ3) is 45.3. The number of allylic oxidation sites excluding steroid dienone is 18. The number of aliphatic hydroxyl groups is 2. The molecule has 1 unspecified atom stereocenters. The van der Waals surface area contributed by atoms with Gasteiger partial charge in [-0.2, -0.15) is 0 Å². The monoisotopic (exact) mass is 940 g/mol. The van der Waals surface area contributed by atoms with Crippen LogP contribution < -0.4 is 0 Å². The van der Waals surface area contributed by atoms with Gasteiger partial charge < -0.3 is 34.4 Å². The van der Waals surface area contributed by atoms with Gasteiger partial charge in [-0.25, -0.2) is 9.13 Å². The fourth-order valence-corrected chi connectivity index (χ4v) is 6.38. The molecule has 0 fully saturated rings. The Bertz CT molecular complexity index is 1560. The summed E-state index contributed by atoms with van der Waals surface area (Å²) in [6.45, 7) is 1.24. The smallest absolute Gasteiger partial charge is 0.462 e. The van der Waals surface area contributed by atoms with E-state index in [1.54, 1.807) is 0 Å². The number of esters is 2. The zero-order valence-electron chi connectivity index (χ0n) is 38.2. The molecule has 0 aromatic heterocycles. The van der Waals surface area contributed by atoms with E-state index in [4.69, 9.17) is 23.8 Å². The normalized spacial score (nSPS) is 15.4. The number of hydrogen-bond donors (Lipinski definition) is 5. The van der Waals surface area contributed by atoms with E-state index in [1.807, 2.05) is 19.1 Å². The summed E-state index contributed by atoms with van der Waals surface area (Å²) in [5, 5.41) is 19.3. The van der Waals surface area contributed by atoms with E-state index in [1.165, 1.54) is 0 Å². The molecule has 5 N–H and O–H groups in total. The van der Waals surface area contributed by atoms with Crippen molar-refractivity contribution in [1.82, 2.24) is 0 Å². The number of unbranched alkanes of at least 4 members (excludes halogenated alkanes) is 4. The lowest BCUT2D eigenvalue weighted by atomic mass is 10.1. The van der Waals surface area contributed by atoms with Crippen molar-refractivity contribution in [3.63, 3.8) is 0 Å². The van der Waals surface area contributed by atoms with Gasteiger partial charge in [-0.3, -0.25) is 23.2 Å². The van der Waals surface area contributed by atoms with Gasteiger partial charge in [0, 0.05) is 12.8 Å². The molecule has 0 aliphatic rings. The van der Waals surface area contributed by atoms with E-state index >= 15 is 0 Å². The molecule has 0 heterocycles. The van der Waals surface area contributed by atoms with E-state index < -0.39 is 66.2 Å². The van der Waals surface area contributed by atoms with Crippen LogP contribution in [0.25, 0.3) is 0 Å². The summed E-state index contributed by atoms with van der Waals surface area (Å²) < 4.78 is 47.7. The largest absolute Gasteiger partial charge is 0.472 e. The van der Waals surface area contributed by atoms with Gasteiger partial charge in [-0.15, -0.1) is 0 Å². The number of ether oxygens (including phenoxy) is 2. The molecule has 0 saturated carbocycles. The van der Waals surface area contributed by atoms with Gasteiger partial charge in [0.2, 0.25) is 0 Å². The summed E-state index contributed by atoms with van der Waals surface area (Å²) in [7, 11) is -9.73. The van der Waals surface area contributed by atoms with Crippen molar-refractivity contribution < 1.29 is 66.7 Å². The Balaban J connectivity index is 4.68. The lowest BCUT2D eigenvalue weighted by Crippen LogP contribution is -2.29. The molecule has 4 atom stereocenters. The van der Waals surface area contributed by atoms with Gasteiger partial charge in [0.15, 0.2) is 6.10 Å². The highest BCUT2D eigenvalue weighted by atomic mass is 31.2. The number of rotatable bonds is 41. The van der Waals surface area contributed by atoms with E-state index in [2.05, 4.69) is 113 Å². The van der Waals surface area contributed by atoms with Gasteiger partial charge in [0.05, 0.1) is 25.9 Å². The number of carbonyl (C=O) groups is 2. The summed E-state index contributed by atoms with van der Waals surface area (Å²) in [5.74, 6) is -1.16. The molecule has 0 spiro atoms. The lowest BCUT2D eigenvalue weighted by molar-refractivity contribution is -0.161. The van der Waals surface area contributed by atoms with Crippen molar-refractivity contribution in [3.8, 4) is 0 Å². The second-order valence-electron chi connectivity index (χ2n) is 14.7. The molecule has 0 amide bonds. The minimum atomic E-state index is -4.88. The highest BCUT2D eigenvalue weighted by Gasteiger charge is 2.28. The van der Waals surface area contributed by atoms with Crippen LogP contribution >= 0.6 is 15.6 Å². The van der Waals surface area contributed by atoms with Crippen molar-refractivity contribution in [2.24, 2.45) is 0 Å². The molecule has 0 saturated heterocycles. The van der Waals surface area contributed by atoms with E-state index in [9.17, 15) is 33.8 Å². The Morgan fingerprint density at radius 1 is 0.484 bits per heavy atom. The van der Waals surface area contributed by atoms with Gasteiger partial charge in [0.25, 0.3) is 0 Å². The Labute approximate surface area is 383 Å². The minimum Gasteiger partial charge on any atom is -0.462 e. The first-order valence-corrected chi connectivity index (χ1v) is 25.7. The molecule has 0 aliphatic carbocycles. The number of aliphatic hydroxyl groups excluding tert-OH is 2. The average Bonchev–Trinajstić information content (AvgIpc) is 3.26. The third-order valence-corrected chi connectivity index (χ3v) is 10.2. The lowest BCUT2D eigenvalue weighted by Gasteiger charge is -2.20. The Kier molecular flexibility index (Phi) is 40.2. The zero-order chi connectivity index (χ0) is 47.4. The molecule has 16 heteroatoms. The number of hydrogen-bond acceptors (Lipinski definition) is 11. The van der Waals surface area contributed by atoms with Crippen LogP contribution in [0.15, 0.2) is 109 Å². The average molecular weight is 941 g/mol. The second-order valence-corrected chi connectivity index (χ2v) is 17.4. The van der Waals surface area contributed by atoms with Crippen molar-refractivity contribution >= 4 is 27.6 Å². The molecule has 0 aromatic carbocycles. The summed E-state index contributed by atoms with van der Waals surface area (Å²) in [4.78, 5) is 52.7. The summed E-state index contributed by atoms with van der Waals surface area (Å²) in [6, 6.07) is 0. The predicted octanol–water partition coefficient (Wildman–Crippen LogP) is 10.9. The maximum Gasteiger partial charge on any atom is 0.472 e. The standard InChI is InChI=1S/C48H78O14P2/c1-3-5-6-7-8-9-10-11-12-13-14-15-16-20-23-26-29-32-35-38-47(51)58-42-46(43-61-64(56,57)60-41-45(50)40-59-63(53,54)55)62-48(52)39-36-33-30-27-24-21-18-17-19-22-25-28-31-34-37-44(49)4-2/h5-6,8-9,11-12,14-15,18-23,27-28,30-31,44-46,49-50H,3-4,7,10,13,16-17,24-26,29,32-43H2,1-2H3,(H,56,57)(H2,53,54,55)/b6-5-,9-8-,12-11-,15-14-,21-18-,22-19-,23-20-,30-27-,31-28-/t44-,45+,46-/m1/s1. The SMILES string of the molecule is CC/C=C\C/C=C\C/C=C\C/C=C\C/C=C\CCCCCC(=O)OC[C@H](COP(=O)(O)OC[C@@H](O)COP(=O)(O)O)OC(=O)CCC/C=C\C/C=C\C/C=C\C/C=C\CC[C@H](O)CC. The first-order chi connectivity index (χ1) is 30.8. The molecule has 0 aromatic rings. The Morgan fingerprint density at radius 2 is 0.922 bits per heavy atom. The number of phosphoric acid groups is 2. The van der Waals surface area contributed by atoms with E-state index in [0.29, 0.717) is 19.3 Å². The van der Waals surface area contributed by atoms with Gasteiger partial charge in [0.1, 0.15) is 12.7 Å². The zero-order valence-corrected chi connectivity index (χ0v) is 40.0. The summed E-state index contributed by atoms with van der Waals surface area (Å²) in [6.07, 6.45) is 48.8. The van der Waals surface area contributed by atoms with Gasteiger partial charge in [-0.1, -0.05) is 130 Å². The van der Waals surface area contributed by atoms with Crippen LogP contribution in [0.1, 0.15) is 136 Å². The second kappa shape index (κ2) is 42.4.